The minimum atomic E-state index is -3.08. The van der Waals surface area contributed by atoms with Gasteiger partial charge in [-0.1, -0.05) is 11.6 Å². The number of hydrogen-bond acceptors (Lipinski definition) is 5. The first-order chi connectivity index (χ1) is 9.94. The van der Waals surface area contributed by atoms with E-state index < -0.39 is 15.9 Å². The van der Waals surface area contributed by atoms with Crippen molar-refractivity contribution in [2.45, 2.75) is 12.1 Å². The highest BCUT2D eigenvalue weighted by Gasteiger charge is 2.40. The molecule has 0 amide bonds. The van der Waals surface area contributed by atoms with Crippen molar-refractivity contribution in [3.8, 4) is 0 Å². The Hall–Kier alpha value is -0.820. The van der Waals surface area contributed by atoms with Gasteiger partial charge in [0.1, 0.15) is 0 Å². The van der Waals surface area contributed by atoms with Crippen molar-refractivity contribution in [1.82, 2.24) is 4.90 Å². The van der Waals surface area contributed by atoms with Gasteiger partial charge in [0.05, 0.1) is 23.7 Å². The highest BCUT2D eigenvalue weighted by molar-refractivity contribution is 7.91. The first-order valence-corrected chi connectivity index (χ1v) is 9.28. The molecule has 2 fully saturated rings. The number of aliphatic hydroxyl groups excluding tert-OH is 1. The molecule has 0 bridgehead atoms. The Bertz CT molecular complexity index is 597. The zero-order valence-electron chi connectivity index (χ0n) is 11.7. The van der Waals surface area contributed by atoms with E-state index in [2.05, 4.69) is 9.80 Å². The normalized spacial score (nSPS) is 29.7. The Morgan fingerprint density at radius 3 is 2.19 bits per heavy atom. The highest BCUT2D eigenvalue weighted by Crippen LogP contribution is 2.23. The van der Waals surface area contributed by atoms with Gasteiger partial charge < -0.3 is 10.0 Å². The summed E-state index contributed by atoms with van der Waals surface area (Å²) in [6, 6.07) is 7.48. The number of sulfone groups is 1. The van der Waals surface area contributed by atoms with Crippen LogP contribution in [0, 0.1) is 0 Å². The summed E-state index contributed by atoms with van der Waals surface area (Å²) in [6.07, 6.45) is -0.753. The fourth-order valence-electron chi connectivity index (χ4n) is 3.12. The molecule has 2 heterocycles. The van der Waals surface area contributed by atoms with E-state index in [0.29, 0.717) is 0 Å². The highest BCUT2D eigenvalue weighted by atomic mass is 35.5. The number of hydrogen-bond donors (Lipinski definition) is 1. The lowest BCUT2D eigenvalue weighted by Gasteiger charge is -2.39. The summed E-state index contributed by atoms with van der Waals surface area (Å²) < 4.78 is 23.2. The molecule has 0 unspecified atom stereocenters. The number of halogens is 1. The average molecular weight is 331 g/mol. The maximum Gasteiger partial charge on any atom is 0.154 e. The molecule has 1 aromatic rings. The molecule has 3 rings (SSSR count). The lowest BCUT2D eigenvalue weighted by atomic mass is 10.1. The maximum absolute atomic E-state index is 11.6. The third-order valence-corrected chi connectivity index (χ3v) is 6.22. The quantitative estimate of drug-likeness (QED) is 0.861. The van der Waals surface area contributed by atoms with Crippen LogP contribution < -0.4 is 4.90 Å². The number of nitrogens with zero attached hydrogens (tertiary/aromatic N) is 2. The molecule has 1 aromatic carbocycles. The van der Waals surface area contributed by atoms with Gasteiger partial charge >= 0.3 is 0 Å². The van der Waals surface area contributed by atoms with Gasteiger partial charge in [0, 0.05) is 36.9 Å². The predicted molar refractivity (Wildman–Crippen MR) is 83.7 cm³/mol. The Morgan fingerprint density at radius 2 is 1.67 bits per heavy atom. The third-order valence-electron chi connectivity index (χ3n) is 4.27. The minimum Gasteiger partial charge on any atom is -0.390 e. The van der Waals surface area contributed by atoms with Crippen LogP contribution in [-0.4, -0.2) is 68.3 Å². The fraction of sp³-hybridized carbons (Fsp3) is 0.571. The lowest BCUT2D eigenvalue weighted by molar-refractivity contribution is 0.0793. The molecule has 0 aromatic heterocycles. The number of rotatable bonds is 2. The van der Waals surface area contributed by atoms with Crippen molar-refractivity contribution in [2.75, 3.05) is 42.6 Å². The number of piperazine rings is 1. The molecular formula is C14H19ClN2O3S. The molecule has 2 aliphatic heterocycles. The van der Waals surface area contributed by atoms with Crippen LogP contribution in [0.4, 0.5) is 5.69 Å². The molecule has 2 aliphatic rings. The van der Waals surface area contributed by atoms with E-state index in [1.165, 1.54) is 0 Å². The molecular weight excluding hydrogens is 312 g/mol. The van der Waals surface area contributed by atoms with Crippen LogP contribution in [0.3, 0.4) is 0 Å². The maximum atomic E-state index is 11.6. The van der Waals surface area contributed by atoms with Crippen molar-refractivity contribution >= 4 is 27.1 Å². The zero-order chi connectivity index (χ0) is 15.0. The molecule has 7 heteroatoms. The SMILES string of the molecule is O=S1(=O)C[C@@H](N2CCN(c3ccc(Cl)cc3)CC2)[C@@H](O)C1. The summed E-state index contributed by atoms with van der Waals surface area (Å²) in [6.45, 7) is 3.18. The summed E-state index contributed by atoms with van der Waals surface area (Å²) in [4.78, 5) is 4.35. The Kier molecular flexibility index (Phi) is 4.14. The second-order valence-corrected chi connectivity index (χ2v) is 8.30. The van der Waals surface area contributed by atoms with Crippen molar-refractivity contribution in [3.05, 3.63) is 29.3 Å². The molecule has 21 heavy (non-hydrogen) atoms. The van der Waals surface area contributed by atoms with Crippen LogP contribution in [-0.2, 0) is 9.84 Å². The Morgan fingerprint density at radius 1 is 1.05 bits per heavy atom. The minimum absolute atomic E-state index is 0.0785. The molecule has 0 spiro atoms. The molecule has 2 saturated heterocycles. The predicted octanol–water partition coefficient (Wildman–Crippen LogP) is 0.620. The summed E-state index contributed by atoms with van der Waals surface area (Å²) in [5, 5.41) is 10.7. The first-order valence-electron chi connectivity index (χ1n) is 7.08. The van der Waals surface area contributed by atoms with Crippen LogP contribution in [0.1, 0.15) is 0 Å². The van der Waals surface area contributed by atoms with Gasteiger partial charge in [0.2, 0.25) is 0 Å². The summed E-state index contributed by atoms with van der Waals surface area (Å²) in [5.41, 5.74) is 1.12. The number of benzene rings is 1. The average Bonchev–Trinajstić information content (AvgIpc) is 2.73. The standard InChI is InChI=1S/C14H19ClN2O3S/c15-11-1-3-12(4-2-11)16-5-7-17(8-6-16)13-9-21(19,20)10-14(13)18/h1-4,13-14,18H,5-10H2/t13-,14+/m1/s1. The molecule has 5 nitrogen and oxygen atoms in total. The zero-order valence-corrected chi connectivity index (χ0v) is 13.2. The molecule has 0 aliphatic carbocycles. The van der Waals surface area contributed by atoms with Crippen LogP contribution in [0.25, 0.3) is 0 Å². The van der Waals surface area contributed by atoms with Gasteiger partial charge in [-0.15, -0.1) is 0 Å². The topological polar surface area (TPSA) is 60.9 Å². The van der Waals surface area contributed by atoms with Gasteiger partial charge in [-0.3, -0.25) is 4.90 Å². The van der Waals surface area contributed by atoms with E-state index in [4.69, 9.17) is 11.6 Å². The summed E-state index contributed by atoms with van der Waals surface area (Å²) in [5.74, 6) is -0.0236. The van der Waals surface area contributed by atoms with Crippen LogP contribution >= 0.6 is 11.6 Å². The van der Waals surface area contributed by atoms with Gasteiger partial charge in [-0.2, -0.15) is 0 Å². The number of anilines is 1. The van der Waals surface area contributed by atoms with Gasteiger partial charge in [0.15, 0.2) is 9.84 Å². The summed E-state index contributed by atoms with van der Waals surface area (Å²) in [7, 11) is -3.08. The molecule has 0 saturated carbocycles. The summed E-state index contributed by atoms with van der Waals surface area (Å²) >= 11 is 5.89. The molecule has 0 radical (unpaired) electrons. The van der Waals surface area contributed by atoms with E-state index >= 15 is 0 Å². The fourth-order valence-corrected chi connectivity index (χ4v) is 5.08. The Labute approximate surface area is 130 Å². The van der Waals surface area contributed by atoms with Crippen LogP contribution in [0.5, 0.6) is 0 Å². The van der Waals surface area contributed by atoms with Gasteiger partial charge in [-0.05, 0) is 24.3 Å². The largest absolute Gasteiger partial charge is 0.390 e. The van der Waals surface area contributed by atoms with E-state index in [1.54, 1.807) is 0 Å². The number of aliphatic hydroxyl groups is 1. The smallest absolute Gasteiger partial charge is 0.154 e. The van der Waals surface area contributed by atoms with Crippen molar-refractivity contribution in [2.24, 2.45) is 0 Å². The van der Waals surface area contributed by atoms with Gasteiger partial charge in [-0.25, -0.2) is 8.42 Å². The molecule has 1 N–H and O–H groups in total. The van der Waals surface area contributed by atoms with Crippen LogP contribution in [0.15, 0.2) is 24.3 Å². The van der Waals surface area contributed by atoms with E-state index in [1.807, 2.05) is 24.3 Å². The second-order valence-electron chi connectivity index (χ2n) is 5.71. The van der Waals surface area contributed by atoms with Crippen LogP contribution in [0.2, 0.25) is 5.02 Å². The van der Waals surface area contributed by atoms with Crippen molar-refractivity contribution in [1.29, 1.82) is 0 Å². The second kappa shape index (κ2) is 5.76. The van der Waals surface area contributed by atoms with Crippen molar-refractivity contribution in [3.63, 3.8) is 0 Å². The third kappa shape index (κ3) is 3.34. The molecule has 116 valence electrons. The van der Waals surface area contributed by atoms with Gasteiger partial charge in [0.25, 0.3) is 0 Å². The van der Waals surface area contributed by atoms with Crippen molar-refractivity contribution < 1.29 is 13.5 Å². The molecule has 2 atom stereocenters. The Balaban J connectivity index is 1.62. The van der Waals surface area contributed by atoms with E-state index in [9.17, 15) is 13.5 Å². The van der Waals surface area contributed by atoms with E-state index in [0.717, 1.165) is 36.9 Å². The van der Waals surface area contributed by atoms with E-state index in [-0.39, 0.29) is 17.5 Å². The first kappa shape index (κ1) is 15.1. The lowest BCUT2D eigenvalue weighted by Crippen LogP contribution is -2.53. The monoisotopic (exact) mass is 330 g/mol.